The molecule has 7 heteroatoms. The van der Waals surface area contributed by atoms with Gasteiger partial charge in [-0.2, -0.15) is 0 Å². The Morgan fingerprint density at radius 1 is 1.20 bits per heavy atom. The number of aliphatic imine (C=N–C) groups is 1. The van der Waals surface area contributed by atoms with Crippen LogP contribution in [-0.4, -0.2) is 55.8 Å². The van der Waals surface area contributed by atoms with Gasteiger partial charge in [-0.3, -0.25) is 0 Å². The Hall–Kier alpha value is -2.70. The second-order valence-electron chi connectivity index (χ2n) is 5.83. The highest BCUT2D eigenvalue weighted by Crippen LogP contribution is 2.20. The zero-order chi connectivity index (χ0) is 17.5. The number of hydrogen-bond donors (Lipinski definition) is 1. The average Bonchev–Trinajstić information content (AvgIpc) is 3.19. The molecule has 7 nitrogen and oxygen atoms in total. The molecule has 25 heavy (non-hydrogen) atoms. The van der Waals surface area contributed by atoms with Crippen LogP contribution in [0.1, 0.15) is 12.6 Å². The van der Waals surface area contributed by atoms with Gasteiger partial charge in [0.2, 0.25) is 0 Å². The van der Waals surface area contributed by atoms with Crippen LogP contribution in [0, 0.1) is 0 Å². The van der Waals surface area contributed by atoms with Crippen LogP contribution in [0.3, 0.4) is 0 Å². The van der Waals surface area contributed by atoms with E-state index in [1.54, 1.807) is 13.4 Å². The van der Waals surface area contributed by atoms with Gasteiger partial charge in [-0.25, -0.2) is 4.99 Å². The van der Waals surface area contributed by atoms with Gasteiger partial charge in [0.25, 0.3) is 0 Å². The number of aromatic nitrogens is 1. The molecule has 1 aromatic heterocycles. The van der Waals surface area contributed by atoms with Gasteiger partial charge in [-0.05, 0) is 31.2 Å². The molecule has 0 bridgehead atoms. The largest absolute Gasteiger partial charge is 0.497 e. The summed E-state index contributed by atoms with van der Waals surface area (Å²) in [6.07, 6.45) is 1.57. The average molecular weight is 343 g/mol. The van der Waals surface area contributed by atoms with E-state index < -0.39 is 0 Å². The Morgan fingerprint density at radius 3 is 2.56 bits per heavy atom. The van der Waals surface area contributed by atoms with Crippen molar-refractivity contribution < 1.29 is 9.26 Å². The molecule has 1 N–H and O–H groups in total. The van der Waals surface area contributed by atoms with Crippen molar-refractivity contribution in [2.75, 3.05) is 44.7 Å². The Labute approximate surface area is 148 Å². The van der Waals surface area contributed by atoms with Gasteiger partial charge in [-0.1, -0.05) is 5.16 Å². The van der Waals surface area contributed by atoms with E-state index in [4.69, 9.17) is 9.26 Å². The molecular weight excluding hydrogens is 318 g/mol. The van der Waals surface area contributed by atoms with Crippen molar-refractivity contribution >= 4 is 11.6 Å². The van der Waals surface area contributed by atoms with Gasteiger partial charge in [0.15, 0.2) is 5.96 Å². The van der Waals surface area contributed by atoms with Crippen LogP contribution in [0.5, 0.6) is 5.75 Å². The highest BCUT2D eigenvalue weighted by molar-refractivity contribution is 5.80. The Kier molecular flexibility index (Phi) is 5.77. The van der Waals surface area contributed by atoms with Gasteiger partial charge in [0.1, 0.15) is 17.7 Å². The molecule has 0 radical (unpaired) electrons. The summed E-state index contributed by atoms with van der Waals surface area (Å²) in [5, 5.41) is 7.28. The summed E-state index contributed by atoms with van der Waals surface area (Å²) >= 11 is 0. The lowest BCUT2D eigenvalue weighted by Gasteiger charge is -2.37. The molecule has 2 aromatic rings. The molecule has 0 amide bonds. The third-order valence-electron chi connectivity index (χ3n) is 4.23. The van der Waals surface area contributed by atoms with E-state index in [2.05, 4.69) is 44.3 Å². The van der Waals surface area contributed by atoms with E-state index in [1.165, 1.54) is 5.69 Å². The molecule has 1 fully saturated rings. The standard InChI is InChI=1S/C18H25N5O2/c1-3-19-18(20-14-15-8-13-25-21-15)23-11-9-22(10-12-23)16-4-6-17(24-2)7-5-16/h4-8,13H,3,9-12,14H2,1-2H3,(H,19,20). The zero-order valence-electron chi connectivity index (χ0n) is 14.8. The van der Waals surface area contributed by atoms with Gasteiger partial charge in [0, 0.05) is 44.5 Å². The number of rotatable bonds is 5. The Balaban J connectivity index is 1.59. The molecule has 1 saturated heterocycles. The molecule has 1 aliphatic heterocycles. The third-order valence-corrected chi connectivity index (χ3v) is 4.23. The first-order valence-electron chi connectivity index (χ1n) is 8.61. The van der Waals surface area contributed by atoms with E-state index in [-0.39, 0.29) is 0 Å². The third kappa shape index (κ3) is 4.43. The molecule has 0 aliphatic carbocycles. The number of piperazine rings is 1. The van der Waals surface area contributed by atoms with Crippen LogP contribution in [-0.2, 0) is 6.54 Å². The minimum atomic E-state index is 0.525. The lowest BCUT2D eigenvalue weighted by molar-refractivity contribution is 0.371. The molecule has 0 atom stereocenters. The number of benzene rings is 1. The predicted octanol–water partition coefficient (Wildman–Crippen LogP) is 1.97. The zero-order valence-corrected chi connectivity index (χ0v) is 14.8. The maximum atomic E-state index is 5.23. The number of hydrogen-bond acceptors (Lipinski definition) is 5. The van der Waals surface area contributed by atoms with Gasteiger partial charge < -0.3 is 24.4 Å². The van der Waals surface area contributed by atoms with Crippen LogP contribution >= 0.6 is 0 Å². The number of guanidine groups is 1. The summed E-state index contributed by atoms with van der Waals surface area (Å²) < 4.78 is 10.1. The van der Waals surface area contributed by atoms with Crippen molar-refractivity contribution in [3.05, 3.63) is 42.3 Å². The highest BCUT2D eigenvalue weighted by atomic mass is 16.5. The molecule has 1 aromatic carbocycles. The van der Waals surface area contributed by atoms with Crippen molar-refractivity contribution in [2.45, 2.75) is 13.5 Å². The first kappa shape index (κ1) is 17.1. The number of anilines is 1. The molecular formula is C18H25N5O2. The highest BCUT2D eigenvalue weighted by Gasteiger charge is 2.20. The van der Waals surface area contributed by atoms with Crippen LogP contribution in [0.15, 0.2) is 46.1 Å². The summed E-state index contributed by atoms with van der Waals surface area (Å²) in [6, 6.07) is 10.1. The fourth-order valence-corrected chi connectivity index (χ4v) is 2.87. The number of ether oxygens (including phenoxy) is 1. The SMILES string of the molecule is CCNC(=NCc1ccon1)N1CCN(c2ccc(OC)cc2)CC1. The van der Waals surface area contributed by atoms with Crippen molar-refractivity contribution in [2.24, 2.45) is 4.99 Å². The predicted molar refractivity (Wildman–Crippen MR) is 98.1 cm³/mol. The van der Waals surface area contributed by atoms with E-state index in [1.807, 2.05) is 18.2 Å². The van der Waals surface area contributed by atoms with E-state index in [9.17, 15) is 0 Å². The summed E-state index contributed by atoms with van der Waals surface area (Å²) in [5.74, 6) is 1.82. The van der Waals surface area contributed by atoms with E-state index in [0.29, 0.717) is 6.54 Å². The fraction of sp³-hybridized carbons (Fsp3) is 0.444. The smallest absolute Gasteiger partial charge is 0.194 e. The Morgan fingerprint density at radius 2 is 1.96 bits per heavy atom. The topological polar surface area (TPSA) is 66.1 Å². The quantitative estimate of drug-likeness (QED) is 0.661. The molecule has 0 saturated carbocycles. The van der Waals surface area contributed by atoms with Crippen LogP contribution in [0.25, 0.3) is 0 Å². The monoisotopic (exact) mass is 343 g/mol. The first-order chi connectivity index (χ1) is 12.3. The Bertz CT molecular complexity index is 661. The van der Waals surface area contributed by atoms with Crippen molar-refractivity contribution in [1.29, 1.82) is 0 Å². The summed E-state index contributed by atoms with van der Waals surface area (Å²) in [5.41, 5.74) is 2.07. The lowest BCUT2D eigenvalue weighted by atomic mass is 10.2. The number of nitrogens with zero attached hydrogens (tertiary/aromatic N) is 4. The van der Waals surface area contributed by atoms with Crippen LogP contribution in [0.2, 0.25) is 0 Å². The van der Waals surface area contributed by atoms with Gasteiger partial charge >= 0.3 is 0 Å². The first-order valence-corrected chi connectivity index (χ1v) is 8.61. The summed E-state index contributed by atoms with van der Waals surface area (Å²) in [7, 11) is 1.69. The molecule has 2 heterocycles. The van der Waals surface area contributed by atoms with Gasteiger partial charge in [-0.15, -0.1) is 0 Å². The minimum Gasteiger partial charge on any atom is -0.497 e. The summed E-state index contributed by atoms with van der Waals surface area (Å²) in [6.45, 7) is 7.22. The molecule has 0 spiro atoms. The molecule has 1 aliphatic rings. The lowest BCUT2D eigenvalue weighted by Crippen LogP contribution is -2.52. The second-order valence-corrected chi connectivity index (χ2v) is 5.83. The van der Waals surface area contributed by atoms with Crippen molar-refractivity contribution in [3.63, 3.8) is 0 Å². The van der Waals surface area contributed by atoms with Crippen LogP contribution in [0.4, 0.5) is 5.69 Å². The molecule has 3 rings (SSSR count). The number of methoxy groups -OCH3 is 1. The van der Waals surface area contributed by atoms with Crippen molar-refractivity contribution in [3.8, 4) is 5.75 Å². The normalized spacial score (nSPS) is 15.4. The van der Waals surface area contributed by atoms with Gasteiger partial charge in [0.05, 0.1) is 13.7 Å². The fourth-order valence-electron chi connectivity index (χ4n) is 2.87. The molecule has 134 valence electrons. The minimum absolute atomic E-state index is 0.525. The summed E-state index contributed by atoms with van der Waals surface area (Å²) in [4.78, 5) is 9.36. The van der Waals surface area contributed by atoms with E-state index >= 15 is 0 Å². The maximum absolute atomic E-state index is 5.23. The number of nitrogens with one attached hydrogen (secondary N) is 1. The van der Waals surface area contributed by atoms with Crippen LogP contribution < -0.4 is 15.0 Å². The van der Waals surface area contributed by atoms with E-state index in [0.717, 1.165) is 50.1 Å². The van der Waals surface area contributed by atoms with Crippen molar-refractivity contribution in [1.82, 2.24) is 15.4 Å². The second kappa shape index (κ2) is 8.41. The maximum Gasteiger partial charge on any atom is 0.194 e. The molecule has 0 unspecified atom stereocenters.